The number of hydrogen-bond donors (Lipinski definition) is 0. The molecule has 2 aliphatic carbocycles. The van der Waals surface area contributed by atoms with Crippen molar-refractivity contribution >= 4 is 35.8 Å². The van der Waals surface area contributed by atoms with E-state index in [-0.39, 0.29) is 0 Å². The highest BCUT2D eigenvalue weighted by molar-refractivity contribution is 7.11. The van der Waals surface area contributed by atoms with Crippen molar-refractivity contribution in [2.45, 2.75) is 19.4 Å². The largest absolute Gasteiger partial charge is 0.146 e. The van der Waals surface area contributed by atoms with Crippen LogP contribution in [-0.2, 0) is 12.8 Å². The highest BCUT2D eigenvalue weighted by atomic mass is 28.3. The van der Waals surface area contributed by atoms with Gasteiger partial charge in [-0.2, -0.15) is 0 Å². The van der Waals surface area contributed by atoms with Crippen LogP contribution in [0.5, 0.6) is 0 Å². The first-order chi connectivity index (χ1) is 12.8. The van der Waals surface area contributed by atoms with Gasteiger partial charge in [0, 0.05) is 0 Å². The van der Waals surface area contributed by atoms with E-state index in [2.05, 4.69) is 97.6 Å². The molecule has 126 valence electrons. The smallest absolute Gasteiger partial charge is 0.0795 e. The molecule has 26 heavy (non-hydrogen) atoms. The SMILES string of the molecule is C[Si](c1ccccc1)(c1cccc2c1CC=C2)c1cccc2c1CC=C2. The molecule has 0 atom stereocenters. The Morgan fingerprint density at radius 2 is 1.15 bits per heavy atom. The van der Waals surface area contributed by atoms with E-state index in [1.54, 1.807) is 10.4 Å². The average Bonchev–Trinajstić information content (AvgIpc) is 3.36. The first-order valence-electron chi connectivity index (χ1n) is 9.42. The minimum Gasteiger partial charge on any atom is -0.0795 e. The summed E-state index contributed by atoms with van der Waals surface area (Å²) in [6, 6.07) is 25.0. The minimum atomic E-state index is -2.07. The minimum absolute atomic E-state index is 1.06. The lowest BCUT2D eigenvalue weighted by molar-refractivity contribution is 1.32. The van der Waals surface area contributed by atoms with Gasteiger partial charge in [0.2, 0.25) is 0 Å². The molecule has 0 spiro atoms. The summed E-state index contributed by atoms with van der Waals surface area (Å²) in [7, 11) is -2.07. The number of fused-ring (bicyclic) bond motifs is 2. The van der Waals surface area contributed by atoms with Gasteiger partial charge in [-0.05, 0) is 50.7 Å². The summed E-state index contributed by atoms with van der Waals surface area (Å²) >= 11 is 0. The molecule has 0 aliphatic heterocycles. The molecule has 0 saturated carbocycles. The number of benzene rings is 3. The summed E-state index contributed by atoms with van der Waals surface area (Å²) in [6.45, 7) is 2.55. The zero-order valence-corrected chi connectivity index (χ0v) is 16.1. The Hall–Kier alpha value is -2.64. The maximum absolute atomic E-state index is 2.55. The zero-order valence-electron chi connectivity index (χ0n) is 15.1. The van der Waals surface area contributed by atoms with E-state index in [9.17, 15) is 0 Å². The van der Waals surface area contributed by atoms with Crippen LogP contribution in [0.15, 0.2) is 78.9 Å². The van der Waals surface area contributed by atoms with Crippen LogP contribution >= 0.6 is 0 Å². The van der Waals surface area contributed by atoms with Crippen molar-refractivity contribution in [1.29, 1.82) is 0 Å². The van der Waals surface area contributed by atoms with Gasteiger partial charge in [-0.1, -0.05) is 97.6 Å². The Balaban J connectivity index is 1.82. The Morgan fingerprint density at radius 1 is 0.615 bits per heavy atom. The predicted octanol–water partition coefficient (Wildman–Crippen LogP) is 3.93. The highest BCUT2D eigenvalue weighted by Gasteiger charge is 2.38. The molecule has 0 heterocycles. The molecule has 0 unspecified atom stereocenters. The lowest BCUT2D eigenvalue weighted by Gasteiger charge is -2.33. The van der Waals surface area contributed by atoms with Crippen LogP contribution in [0.3, 0.4) is 0 Å². The van der Waals surface area contributed by atoms with Crippen molar-refractivity contribution < 1.29 is 0 Å². The van der Waals surface area contributed by atoms with Crippen LogP contribution in [0.2, 0.25) is 6.55 Å². The molecule has 0 aromatic heterocycles. The monoisotopic (exact) mass is 350 g/mol. The third-order valence-electron chi connectivity index (χ3n) is 6.09. The number of hydrogen-bond acceptors (Lipinski definition) is 0. The fourth-order valence-corrected chi connectivity index (χ4v) is 9.08. The molecule has 0 amide bonds. The number of rotatable bonds is 3. The second-order valence-corrected chi connectivity index (χ2v) is 11.4. The average molecular weight is 351 g/mol. The van der Waals surface area contributed by atoms with Crippen LogP contribution in [0.1, 0.15) is 22.3 Å². The van der Waals surface area contributed by atoms with Crippen molar-refractivity contribution in [2.24, 2.45) is 0 Å². The first-order valence-corrected chi connectivity index (χ1v) is 11.9. The summed E-state index contributed by atoms with van der Waals surface area (Å²) in [5, 5.41) is 4.65. The van der Waals surface area contributed by atoms with E-state index in [1.165, 1.54) is 27.4 Å². The Labute approximate surface area is 156 Å². The van der Waals surface area contributed by atoms with Crippen LogP contribution in [0.4, 0.5) is 0 Å². The van der Waals surface area contributed by atoms with Crippen molar-refractivity contribution in [3.63, 3.8) is 0 Å². The van der Waals surface area contributed by atoms with E-state index in [0.717, 1.165) is 12.8 Å². The quantitative estimate of drug-likeness (QED) is 0.496. The predicted molar refractivity (Wildman–Crippen MR) is 115 cm³/mol. The van der Waals surface area contributed by atoms with Crippen molar-refractivity contribution in [3.05, 3.63) is 101 Å². The van der Waals surface area contributed by atoms with Crippen molar-refractivity contribution in [3.8, 4) is 0 Å². The maximum atomic E-state index is 2.55. The standard InChI is InChI=1S/C25H22Si/c1-26(21-13-3-2-4-14-21,24-17-7-11-19-9-5-15-22(19)24)25-18-8-12-20-10-6-16-23(20)25/h2-14,17-18H,15-16H2,1H3. The van der Waals surface area contributed by atoms with Gasteiger partial charge < -0.3 is 0 Å². The summed E-state index contributed by atoms with van der Waals surface area (Å²) in [5.74, 6) is 0. The highest BCUT2D eigenvalue weighted by Crippen LogP contribution is 2.24. The molecular weight excluding hydrogens is 328 g/mol. The zero-order chi connectivity index (χ0) is 17.6. The molecule has 0 fully saturated rings. The summed E-state index contributed by atoms with van der Waals surface area (Å²) in [6.07, 6.45) is 11.3. The Kier molecular flexibility index (Phi) is 3.58. The van der Waals surface area contributed by atoms with Gasteiger partial charge in [-0.25, -0.2) is 0 Å². The fraction of sp³-hybridized carbons (Fsp3) is 0.120. The number of allylic oxidation sites excluding steroid dienone is 2. The lowest BCUT2D eigenvalue weighted by Crippen LogP contribution is -2.66. The van der Waals surface area contributed by atoms with E-state index < -0.39 is 8.07 Å². The fourth-order valence-electron chi connectivity index (χ4n) is 4.75. The molecular formula is C25H22Si. The molecule has 0 nitrogen and oxygen atoms in total. The molecule has 0 bridgehead atoms. The topological polar surface area (TPSA) is 0 Å². The molecule has 1 heteroatoms. The van der Waals surface area contributed by atoms with Gasteiger partial charge in [0.1, 0.15) is 8.07 Å². The van der Waals surface area contributed by atoms with Gasteiger partial charge in [0.25, 0.3) is 0 Å². The molecule has 2 aliphatic rings. The maximum Gasteiger partial charge on any atom is 0.146 e. The normalized spacial score (nSPS) is 14.5. The van der Waals surface area contributed by atoms with Gasteiger partial charge in [-0.3, -0.25) is 0 Å². The van der Waals surface area contributed by atoms with Gasteiger partial charge in [0.05, 0.1) is 0 Å². The molecule has 3 aromatic carbocycles. The van der Waals surface area contributed by atoms with Crippen molar-refractivity contribution in [2.75, 3.05) is 0 Å². The third kappa shape index (κ3) is 2.20. The third-order valence-corrected chi connectivity index (χ3v) is 10.7. The molecule has 0 radical (unpaired) electrons. The van der Waals surface area contributed by atoms with Gasteiger partial charge in [-0.15, -0.1) is 0 Å². The first kappa shape index (κ1) is 15.6. The van der Waals surface area contributed by atoms with E-state index >= 15 is 0 Å². The van der Waals surface area contributed by atoms with Crippen molar-refractivity contribution in [1.82, 2.24) is 0 Å². The Morgan fingerprint density at radius 3 is 1.69 bits per heavy atom. The van der Waals surface area contributed by atoms with E-state index in [1.807, 2.05) is 0 Å². The molecule has 0 N–H and O–H groups in total. The van der Waals surface area contributed by atoms with E-state index in [0.29, 0.717) is 0 Å². The lowest BCUT2D eigenvalue weighted by atomic mass is 10.1. The summed E-state index contributed by atoms with van der Waals surface area (Å²) < 4.78 is 0. The van der Waals surface area contributed by atoms with E-state index in [4.69, 9.17) is 0 Å². The van der Waals surface area contributed by atoms with Crippen LogP contribution in [-0.4, -0.2) is 8.07 Å². The van der Waals surface area contributed by atoms with Gasteiger partial charge in [0.15, 0.2) is 0 Å². The van der Waals surface area contributed by atoms with Crippen LogP contribution in [0, 0.1) is 0 Å². The second-order valence-electron chi connectivity index (χ2n) is 7.45. The van der Waals surface area contributed by atoms with Crippen LogP contribution in [0.25, 0.3) is 12.2 Å². The second kappa shape index (κ2) is 5.96. The summed E-state index contributed by atoms with van der Waals surface area (Å²) in [4.78, 5) is 0. The van der Waals surface area contributed by atoms with Gasteiger partial charge >= 0.3 is 0 Å². The molecule has 5 rings (SSSR count). The molecule has 3 aromatic rings. The molecule has 0 saturated heterocycles. The van der Waals surface area contributed by atoms with Crippen LogP contribution < -0.4 is 15.6 Å². The summed E-state index contributed by atoms with van der Waals surface area (Å²) in [5.41, 5.74) is 5.88. The Bertz CT molecular complexity index is 978.